The molecule has 2 aromatic heterocycles. The number of benzene rings is 2. The first-order valence-electron chi connectivity index (χ1n) is 7.17. The van der Waals surface area contributed by atoms with E-state index in [-0.39, 0.29) is 0 Å². The molecule has 0 saturated heterocycles. The third kappa shape index (κ3) is 1.85. The quantitative estimate of drug-likeness (QED) is 0.544. The summed E-state index contributed by atoms with van der Waals surface area (Å²) in [4.78, 5) is 4.48. The Balaban J connectivity index is 1.88. The highest BCUT2D eigenvalue weighted by Crippen LogP contribution is 2.25. The molecule has 0 aliphatic rings. The zero-order valence-electron chi connectivity index (χ0n) is 12.2. The fraction of sp³-hybridized carbons (Fsp3) is 0.167. The lowest BCUT2D eigenvalue weighted by Gasteiger charge is -2.05. The monoisotopic (exact) mass is 275 g/mol. The lowest BCUT2D eigenvalue weighted by Crippen LogP contribution is -1.97. The van der Waals surface area contributed by atoms with Crippen molar-refractivity contribution < 1.29 is 0 Å². The smallest absolute Gasteiger partial charge is 0.0961 e. The van der Waals surface area contributed by atoms with Gasteiger partial charge in [-0.05, 0) is 36.2 Å². The van der Waals surface area contributed by atoms with E-state index in [9.17, 15) is 0 Å². The average molecular weight is 275 g/mol. The molecular weight excluding hydrogens is 258 g/mol. The molecule has 0 radical (unpaired) electrons. The molecule has 4 rings (SSSR count). The van der Waals surface area contributed by atoms with E-state index in [1.54, 1.807) is 0 Å². The Morgan fingerprint density at radius 1 is 1.00 bits per heavy atom. The number of rotatable bonds is 2. The van der Waals surface area contributed by atoms with Crippen molar-refractivity contribution in [1.82, 2.24) is 14.1 Å². The number of nitrogens with zero attached hydrogens (tertiary/aromatic N) is 3. The lowest BCUT2D eigenvalue weighted by molar-refractivity contribution is 0.821. The van der Waals surface area contributed by atoms with Crippen LogP contribution in [0.5, 0.6) is 0 Å². The van der Waals surface area contributed by atoms with Gasteiger partial charge in [-0.15, -0.1) is 0 Å². The van der Waals surface area contributed by atoms with Crippen molar-refractivity contribution in [2.45, 2.75) is 13.5 Å². The van der Waals surface area contributed by atoms with Gasteiger partial charge in [0, 0.05) is 24.1 Å². The second-order valence-electron chi connectivity index (χ2n) is 5.60. The van der Waals surface area contributed by atoms with Crippen molar-refractivity contribution in [3.63, 3.8) is 0 Å². The first-order valence-corrected chi connectivity index (χ1v) is 7.17. The molecule has 0 unspecified atom stereocenters. The predicted octanol–water partition coefficient (Wildman–Crippen LogP) is 3.88. The van der Waals surface area contributed by atoms with Crippen LogP contribution in [0.3, 0.4) is 0 Å². The predicted molar refractivity (Wildman–Crippen MR) is 86.5 cm³/mol. The van der Waals surface area contributed by atoms with Gasteiger partial charge in [0.05, 0.1) is 23.9 Å². The zero-order chi connectivity index (χ0) is 14.4. The van der Waals surface area contributed by atoms with Crippen LogP contribution in [0.25, 0.3) is 21.9 Å². The Hall–Kier alpha value is -2.55. The molecule has 0 aliphatic heterocycles. The van der Waals surface area contributed by atoms with E-state index in [1.807, 2.05) is 12.4 Å². The summed E-state index contributed by atoms with van der Waals surface area (Å²) in [5, 5.41) is 1.36. The lowest BCUT2D eigenvalue weighted by atomic mass is 10.1. The van der Waals surface area contributed by atoms with Crippen molar-refractivity contribution >= 4 is 21.9 Å². The summed E-state index contributed by atoms with van der Waals surface area (Å²) in [6, 6.07) is 14.8. The summed E-state index contributed by atoms with van der Waals surface area (Å²) in [6.07, 6.45) is 4.16. The number of para-hydroxylation sites is 2. The average Bonchev–Trinajstić information content (AvgIpc) is 3.03. The molecule has 3 nitrogen and oxygen atoms in total. The van der Waals surface area contributed by atoms with Crippen molar-refractivity contribution in [3.05, 3.63) is 66.1 Å². The number of hydrogen-bond donors (Lipinski definition) is 0. The van der Waals surface area contributed by atoms with Crippen LogP contribution < -0.4 is 0 Å². The molecule has 0 saturated carbocycles. The minimum Gasteiger partial charge on any atom is -0.350 e. The molecule has 21 heavy (non-hydrogen) atoms. The maximum atomic E-state index is 4.48. The number of aryl methyl sites for hydroxylation is 2. The highest BCUT2D eigenvalue weighted by atomic mass is 15.0. The Kier molecular flexibility index (Phi) is 2.61. The number of fused-ring (bicyclic) bond motifs is 2. The second kappa shape index (κ2) is 4.48. The molecule has 104 valence electrons. The Bertz CT molecular complexity index is 944. The molecule has 0 atom stereocenters. The summed E-state index contributed by atoms with van der Waals surface area (Å²) in [6.45, 7) is 3.03. The van der Waals surface area contributed by atoms with Gasteiger partial charge in [-0.25, -0.2) is 4.98 Å². The van der Waals surface area contributed by atoms with Gasteiger partial charge in [-0.2, -0.15) is 0 Å². The fourth-order valence-corrected chi connectivity index (χ4v) is 3.17. The van der Waals surface area contributed by atoms with Crippen LogP contribution in [0.1, 0.15) is 11.1 Å². The van der Waals surface area contributed by atoms with Crippen LogP contribution in [-0.4, -0.2) is 14.1 Å². The Morgan fingerprint density at radius 2 is 1.81 bits per heavy atom. The first kappa shape index (κ1) is 12.2. The highest BCUT2D eigenvalue weighted by molar-refractivity contribution is 5.87. The molecule has 2 aromatic carbocycles. The van der Waals surface area contributed by atoms with E-state index in [1.165, 1.54) is 27.5 Å². The Morgan fingerprint density at radius 3 is 2.71 bits per heavy atom. The molecular formula is C18H17N3. The summed E-state index contributed by atoms with van der Waals surface area (Å²) in [7, 11) is 2.11. The molecule has 2 heterocycles. The molecule has 0 bridgehead atoms. The molecule has 0 spiro atoms. The van der Waals surface area contributed by atoms with Crippen LogP contribution in [0.15, 0.2) is 55.0 Å². The highest BCUT2D eigenvalue weighted by Gasteiger charge is 2.10. The van der Waals surface area contributed by atoms with E-state index in [4.69, 9.17) is 0 Å². The van der Waals surface area contributed by atoms with Gasteiger partial charge >= 0.3 is 0 Å². The van der Waals surface area contributed by atoms with Gasteiger partial charge in [-0.1, -0.05) is 24.3 Å². The first-order chi connectivity index (χ1) is 10.2. The van der Waals surface area contributed by atoms with Crippen LogP contribution in [0.4, 0.5) is 0 Å². The number of hydrogen-bond acceptors (Lipinski definition) is 1. The van der Waals surface area contributed by atoms with Crippen LogP contribution in [-0.2, 0) is 13.6 Å². The minimum absolute atomic E-state index is 0.850. The molecule has 0 aliphatic carbocycles. The summed E-state index contributed by atoms with van der Waals surface area (Å²) < 4.78 is 4.42. The fourth-order valence-electron chi connectivity index (χ4n) is 3.17. The van der Waals surface area contributed by atoms with Crippen molar-refractivity contribution in [2.24, 2.45) is 7.05 Å². The van der Waals surface area contributed by atoms with E-state index >= 15 is 0 Å². The van der Waals surface area contributed by atoms with Crippen LogP contribution in [0.2, 0.25) is 0 Å². The van der Waals surface area contributed by atoms with Gasteiger partial charge in [-0.3, -0.25) is 0 Å². The van der Waals surface area contributed by atoms with E-state index in [2.05, 4.69) is 70.7 Å². The third-order valence-electron chi connectivity index (χ3n) is 4.17. The summed E-state index contributed by atoms with van der Waals surface area (Å²) >= 11 is 0. The van der Waals surface area contributed by atoms with Gasteiger partial charge in [0.1, 0.15) is 0 Å². The minimum atomic E-state index is 0.850. The van der Waals surface area contributed by atoms with Gasteiger partial charge < -0.3 is 9.13 Å². The summed E-state index contributed by atoms with van der Waals surface area (Å²) in [5.41, 5.74) is 6.19. The van der Waals surface area contributed by atoms with Gasteiger partial charge in [0.2, 0.25) is 0 Å². The van der Waals surface area contributed by atoms with Crippen LogP contribution >= 0.6 is 0 Å². The van der Waals surface area contributed by atoms with Crippen molar-refractivity contribution in [3.8, 4) is 0 Å². The van der Waals surface area contributed by atoms with E-state index in [0.29, 0.717) is 0 Å². The van der Waals surface area contributed by atoms with Crippen LogP contribution in [0, 0.1) is 6.92 Å². The van der Waals surface area contributed by atoms with Crippen molar-refractivity contribution in [1.29, 1.82) is 0 Å². The van der Waals surface area contributed by atoms with Gasteiger partial charge in [0.25, 0.3) is 0 Å². The Labute approximate surface area is 123 Å². The maximum Gasteiger partial charge on any atom is 0.0961 e. The van der Waals surface area contributed by atoms with E-state index < -0.39 is 0 Å². The molecule has 3 heteroatoms. The third-order valence-corrected chi connectivity index (χ3v) is 4.17. The largest absolute Gasteiger partial charge is 0.350 e. The maximum absolute atomic E-state index is 4.48. The number of aromatic nitrogens is 3. The second-order valence-corrected chi connectivity index (χ2v) is 5.60. The SMILES string of the molecule is Cc1cccc2c1c(Cn1cnc3ccccc31)cn2C. The molecule has 0 N–H and O–H groups in total. The van der Waals surface area contributed by atoms with E-state index in [0.717, 1.165) is 12.1 Å². The molecule has 4 aromatic rings. The topological polar surface area (TPSA) is 22.8 Å². The normalized spacial score (nSPS) is 11.5. The summed E-state index contributed by atoms with van der Waals surface area (Å²) in [5.74, 6) is 0. The number of imidazole rings is 1. The zero-order valence-corrected chi connectivity index (χ0v) is 12.2. The van der Waals surface area contributed by atoms with Crippen molar-refractivity contribution in [2.75, 3.05) is 0 Å². The molecule has 0 fully saturated rings. The standard InChI is InChI=1S/C18H17N3/c1-13-6-5-9-17-18(13)14(10-20(17)2)11-21-12-19-15-7-3-4-8-16(15)21/h3-10,12H,11H2,1-2H3. The van der Waals surface area contributed by atoms with Gasteiger partial charge in [0.15, 0.2) is 0 Å². The molecule has 0 amide bonds.